The smallest absolute Gasteiger partial charge is 0.155 e. The molecule has 10 heavy (non-hydrogen) atoms. The normalized spacial score (nSPS) is 23.3. The minimum absolute atomic E-state index is 1.06. The van der Waals surface area contributed by atoms with Crippen LogP contribution in [-0.4, -0.2) is 5.14 Å². The van der Waals surface area contributed by atoms with Crippen molar-refractivity contribution in [2.45, 2.75) is 50.8 Å². The van der Waals surface area contributed by atoms with E-state index in [0.29, 0.717) is 0 Å². The Morgan fingerprint density at radius 2 is 1.40 bits per heavy atom. The van der Waals surface area contributed by atoms with Crippen molar-refractivity contribution in [3.05, 3.63) is 0 Å². The minimum Gasteiger partial charge on any atom is -0.155 e. The van der Waals surface area contributed by atoms with E-state index in [-0.39, 0.29) is 0 Å². The van der Waals surface area contributed by atoms with E-state index in [1.807, 2.05) is 0 Å². The molecule has 0 unspecified atom stereocenters. The highest BCUT2D eigenvalue weighted by Gasteiger charge is 2.09. The topological polar surface area (TPSA) is 0 Å². The predicted octanol–water partition coefficient (Wildman–Crippen LogP) is 3.31. The molecule has 2 heteroatoms. The second kappa shape index (κ2) is 5.45. The highest BCUT2D eigenvalue weighted by molar-refractivity contribution is 14.1. The average molecular weight is 250 g/mol. The third-order valence-corrected chi connectivity index (χ3v) is 3.69. The van der Waals surface area contributed by atoms with Crippen LogP contribution in [0.25, 0.3) is 0 Å². The first-order valence-electron chi connectivity index (χ1n) is 4.49. The van der Waals surface area contributed by atoms with Crippen LogP contribution in [-0.2, 0) is 0 Å². The molecule has 0 aliphatic heterocycles. The summed E-state index contributed by atoms with van der Waals surface area (Å²) in [5, 5.41) is 1.39. The van der Waals surface area contributed by atoms with Gasteiger partial charge in [0.1, 0.15) is 0 Å². The Kier molecular flexibility index (Phi) is 4.84. The maximum Gasteiger partial charge on any atom is 0.203 e. The molecule has 0 amide bonds. The summed E-state index contributed by atoms with van der Waals surface area (Å²) in [4.78, 5) is 0. The van der Waals surface area contributed by atoms with Gasteiger partial charge >= 0.3 is 0 Å². The summed E-state index contributed by atoms with van der Waals surface area (Å²) in [6.07, 6.45) is 10.5. The molecule has 58 valence electrons. The maximum absolute atomic E-state index is 2.54. The van der Waals surface area contributed by atoms with Crippen LogP contribution in [0.3, 0.4) is 0 Å². The first-order valence-corrected chi connectivity index (χ1v) is 6.02. The summed E-state index contributed by atoms with van der Waals surface area (Å²) in [6, 6.07) is 0. The molecule has 1 aliphatic rings. The van der Waals surface area contributed by atoms with Crippen LogP contribution in [0, 0.1) is 0 Å². The van der Waals surface area contributed by atoms with Crippen LogP contribution in [0.15, 0.2) is 0 Å². The molecule has 0 saturated heterocycles. The van der Waals surface area contributed by atoms with Crippen molar-refractivity contribution < 1.29 is 0 Å². The van der Waals surface area contributed by atoms with Gasteiger partial charge in [-0.15, -0.1) is 0 Å². The Morgan fingerprint density at radius 3 is 1.90 bits per heavy atom. The molecule has 0 bridgehead atoms. The lowest BCUT2D eigenvalue weighted by molar-refractivity contribution is 0.504. The van der Waals surface area contributed by atoms with Gasteiger partial charge in [0.25, 0.3) is 0 Å². The second-order valence-electron chi connectivity index (χ2n) is 3.37. The molecule has 0 atom stereocenters. The monoisotopic (exact) mass is 250 g/mol. The van der Waals surface area contributed by atoms with Crippen molar-refractivity contribution in [1.29, 1.82) is 0 Å². The van der Waals surface area contributed by atoms with Crippen LogP contribution < -0.4 is 0 Å². The van der Waals surface area contributed by atoms with E-state index < -0.39 is 0 Å². The van der Waals surface area contributed by atoms with Crippen molar-refractivity contribution in [2.24, 2.45) is 0 Å². The van der Waals surface area contributed by atoms with Crippen LogP contribution in [0.1, 0.15) is 44.9 Å². The van der Waals surface area contributed by atoms with Crippen LogP contribution in [0.2, 0.25) is 5.82 Å². The molecule has 1 saturated carbocycles. The fourth-order valence-electron chi connectivity index (χ4n) is 1.69. The predicted molar refractivity (Wildman–Crippen MR) is 57.2 cm³/mol. The van der Waals surface area contributed by atoms with Crippen LogP contribution >= 0.6 is 22.4 Å². The van der Waals surface area contributed by atoms with E-state index in [0.717, 1.165) is 5.82 Å². The van der Waals surface area contributed by atoms with Gasteiger partial charge in [-0.1, -0.05) is 50.8 Å². The molecule has 0 spiro atoms. The highest BCUT2D eigenvalue weighted by Crippen LogP contribution is 2.26. The number of halogens is 1. The Bertz CT molecular complexity index is 77.3. The van der Waals surface area contributed by atoms with Gasteiger partial charge in [-0.05, 0) is 0 Å². The van der Waals surface area contributed by atoms with Crippen LogP contribution in [0.4, 0.5) is 0 Å². The summed E-state index contributed by atoms with van der Waals surface area (Å²) in [5.41, 5.74) is 0. The van der Waals surface area contributed by atoms with Crippen molar-refractivity contribution in [3.63, 3.8) is 0 Å². The molecule has 1 fully saturated rings. The van der Waals surface area contributed by atoms with Gasteiger partial charge in [-0.3, -0.25) is 0 Å². The Balaban J connectivity index is 2.16. The number of hydrogen-bond acceptors (Lipinski definition) is 0. The first kappa shape index (κ1) is 8.89. The van der Waals surface area contributed by atoms with Crippen molar-refractivity contribution in [1.82, 2.24) is 0 Å². The zero-order chi connectivity index (χ0) is 7.23. The van der Waals surface area contributed by atoms with E-state index in [1.165, 1.54) is 50.1 Å². The Labute approximate surface area is 78.3 Å². The molecule has 0 heterocycles. The van der Waals surface area contributed by atoms with Gasteiger partial charge in [-0.2, -0.15) is 22.4 Å². The van der Waals surface area contributed by atoms with Gasteiger partial charge in [0.05, 0.1) is 0 Å². The highest BCUT2D eigenvalue weighted by atomic mass is 127. The molecular formula is C8H16BI. The molecular weight excluding hydrogens is 234 g/mol. The Morgan fingerprint density at radius 1 is 0.900 bits per heavy atom. The Hall–Kier alpha value is 0.795. The van der Waals surface area contributed by atoms with E-state index in [1.54, 1.807) is 0 Å². The van der Waals surface area contributed by atoms with Gasteiger partial charge in [0, 0.05) is 0 Å². The van der Waals surface area contributed by atoms with Crippen molar-refractivity contribution >= 4 is 27.5 Å². The standard InChI is InChI=1S/C8H16BI/c10-9-8-6-4-2-1-3-5-7-8/h8-9H,1-7H2. The zero-order valence-electron chi connectivity index (χ0n) is 6.61. The van der Waals surface area contributed by atoms with Crippen molar-refractivity contribution in [3.8, 4) is 0 Å². The van der Waals surface area contributed by atoms with Gasteiger partial charge in [0.2, 0.25) is 5.14 Å². The summed E-state index contributed by atoms with van der Waals surface area (Å²) in [7, 11) is 0. The molecule has 0 aromatic heterocycles. The minimum atomic E-state index is 1.06. The summed E-state index contributed by atoms with van der Waals surface area (Å²) in [6.45, 7) is 0. The largest absolute Gasteiger partial charge is 0.203 e. The van der Waals surface area contributed by atoms with Crippen LogP contribution in [0.5, 0.6) is 0 Å². The molecule has 0 N–H and O–H groups in total. The zero-order valence-corrected chi connectivity index (χ0v) is 8.77. The molecule has 0 aromatic rings. The van der Waals surface area contributed by atoms with Crippen molar-refractivity contribution in [2.75, 3.05) is 0 Å². The number of rotatable bonds is 1. The molecule has 0 aromatic carbocycles. The van der Waals surface area contributed by atoms with Gasteiger partial charge in [-0.25, -0.2) is 0 Å². The summed E-state index contributed by atoms with van der Waals surface area (Å²) >= 11 is 2.54. The second-order valence-corrected chi connectivity index (χ2v) is 4.25. The molecule has 0 radical (unpaired) electrons. The summed E-state index contributed by atoms with van der Waals surface area (Å²) < 4.78 is 0. The van der Waals surface area contributed by atoms with E-state index >= 15 is 0 Å². The molecule has 0 nitrogen and oxygen atoms in total. The fraction of sp³-hybridized carbons (Fsp3) is 1.00. The molecule has 1 rings (SSSR count). The third-order valence-electron chi connectivity index (χ3n) is 2.44. The van der Waals surface area contributed by atoms with E-state index in [4.69, 9.17) is 0 Å². The van der Waals surface area contributed by atoms with E-state index in [9.17, 15) is 0 Å². The quantitative estimate of drug-likeness (QED) is 0.494. The first-order chi connectivity index (χ1) is 4.93. The third kappa shape index (κ3) is 3.26. The SMILES string of the molecule is IBC1CCCCCCC1. The van der Waals surface area contributed by atoms with Gasteiger partial charge < -0.3 is 0 Å². The van der Waals surface area contributed by atoms with Gasteiger partial charge in [0.15, 0.2) is 0 Å². The van der Waals surface area contributed by atoms with E-state index in [2.05, 4.69) is 22.4 Å². The lowest BCUT2D eigenvalue weighted by Crippen LogP contribution is -2.00. The fourth-order valence-corrected chi connectivity index (χ4v) is 2.58. The lowest BCUT2D eigenvalue weighted by atomic mass is 9.77. The summed E-state index contributed by atoms with van der Waals surface area (Å²) in [5.74, 6) is 1.06. The maximum atomic E-state index is 2.54. The average Bonchev–Trinajstić information content (AvgIpc) is 1.87. The molecule has 1 aliphatic carbocycles. The lowest BCUT2D eigenvalue weighted by Gasteiger charge is -2.15. The number of hydrogen-bond donors (Lipinski definition) is 0.